The van der Waals surface area contributed by atoms with E-state index in [9.17, 15) is 4.79 Å². The van der Waals surface area contributed by atoms with Crippen LogP contribution in [-0.4, -0.2) is 16.5 Å². The van der Waals surface area contributed by atoms with Crippen LogP contribution >= 0.6 is 15.9 Å². The summed E-state index contributed by atoms with van der Waals surface area (Å²) >= 11 is 3.39. The van der Waals surface area contributed by atoms with Crippen molar-refractivity contribution >= 4 is 15.9 Å². The molecule has 0 unspecified atom stereocenters. The van der Waals surface area contributed by atoms with Crippen molar-refractivity contribution in [1.82, 2.24) is 15.3 Å². The predicted octanol–water partition coefficient (Wildman–Crippen LogP) is 1.85. The molecule has 18 heavy (non-hydrogen) atoms. The van der Waals surface area contributed by atoms with Crippen molar-refractivity contribution in [3.05, 3.63) is 50.3 Å². The zero-order valence-electron chi connectivity index (χ0n) is 9.66. The molecule has 2 N–H and O–H groups in total. The molecule has 3 rings (SSSR count). The summed E-state index contributed by atoms with van der Waals surface area (Å²) in [5.41, 5.74) is 2.58. The number of halogens is 1. The molecule has 0 aliphatic carbocycles. The molecule has 1 aliphatic rings. The third-order valence-electron chi connectivity index (χ3n) is 3.06. The highest BCUT2D eigenvalue weighted by Crippen LogP contribution is 2.19. The van der Waals surface area contributed by atoms with Crippen LogP contribution in [0, 0.1) is 0 Å². The molecule has 0 saturated carbocycles. The maximum atomic E-state index is 12.0. The van der Waals surface area contributed by atoms with Crippen LogP contribution in [0.3, 0.4) is 0 Å². The van der Waals surface area contributed by atoms with Crippen LogP contribution in [0.4, 0.5) is 0 Å². The number of aromatic nitrogens is 2. The van der Waals surface area contributed by atoms with Gasteiger partial charge in [0.25, 0.3) is 5.56 Å². The van der Waals surface area contributed by atoms with Gasteiger partial charge in [-0.1, -0.05) is 28.1 Å². The van der Waals surface area contributed by atoms with E-state index < -0.39 is 0 Å². The molecule has 0 saturated heterocycles. The van der Waals surface area contributed by atoms with Gasteiger partial charge in [0.05, 0.1) is 5.69 Å². The number of H-pyrrole nitrogens is 1. The van der Waals surface area contributed by atoms with Gasteiger partial charge in [0.1, 0.15) is 5.82 Å². The summed E-state index contributed by atoms with van der Waals surface area (Å²) in [5, 5.41) is 3.23. The van der Waals surface area contributed by atoms with Gasteiger partial charge in [0.2, 0.25) is 0 Å². The van der Waals surface area contributed by atoms with Crippen LogP contribution in [0.1, 0.15) is 11.3 Å². The van der Waals surface area contributed by atoms with E-state index in [1.54, 1.807) is 0 Å². The molecule has 0 bridgehead atoms. The summed E-state index contributed by atoms with van der Waals surface area (Å²) < 4.78 is 1.01. The second-order valence-corrected chi connectivity index (χ2v) is 5.19. The van der Waals surface area contributed by atoms with E-state index in [0.29, 0.717) is 12.4 Å². The van der Waals surface area contributed by atoms with E-state index in [0.717, 1.165) is 34.3 Å². The first-order chi connectivity index (χ1) is 8.74. The Labute approximate surface area is 113 Å². The second-order valence-electron chi connectivity index (χ2n) is 4.27. The molecule has 1 aromatic carbocycles. The lowest BCUT2D eigenvalue weighted by Gasteiger charge is -2.15. The number of benzene rings is 1. The smallest absolute Gasteiger partial charge is 0.254 e. The van der Waals surface area contributed by atoms with E-state index in [2.05, 4.69) is 31.2 Å². The van der Waals surface area contributed by atoms with Crippen LogP contribution in [0.25, 0.3) is 11.4 Å². The summed E-state index contributed by atoms with van der Waals surface area (Å²) in [5.74, 6) is 0.634. The molecule has 1 aliphatic heterocycles. The maximum Gasteiger partial charge on any atom is 0.254 e. The van der Waals surface area contributed by atoms with Crippen molar-refractivity contribution in [2.24, 2.45) is 0 Å². The van der Waals surface area contributed by atoms with Gasteiger partial charge >= 0.3 is 0 Å². The van der Waals surface area contributed by atoms with Crippen LogP contribution in [-0.2, 0) is 13.0 Å². The summed E-state index contributed by atoms with van der Waals surface area (Å²) in [6.45, 7) is 1.51. The SMILES string of the molecule is O=c1[nH]c(-c2ccc(Br)cc2)nc2c1CCNC2. The van der Waals surface area contributed by atoms with Crippen molar-refractivity contribution in [3.63, 3.8) is 0 Å². The molecule has 92 valence electrons. The number of hydrogen-bond donors (Lipinski definition) is 2. The topological polar surface area (TPSA) is 57.8 Å². The van der Waals surface area contributed by atoms with Gasteiger partial charge in [-0.2, -0.15) is 0 Å². The number of aromatic amines is 1. The number of hydrogen-bond acceptors (Lipinski definition) is 3. The first kappa shape index (κ1) is 11.6. The zero-order valence-corrected chi connectivity index (χ0v) is 11.3. The number of nitrogens with one attached hydrogen (secondary N) is 2. The fourth-order valence-electron chi connectivity index (χ4n) is 2.11. The molecule has 0 spiro atoms. The Morgan fingerprint density at radius 2 is 2.00 bits per heavy atom. The molecule has 0 fully saturated rings. The molecule has 2 aromatic rings. The van der Waals surface area contributed by atoms with E-state index in [1.165, 1.54) is 0 Å². The third kappa shape index (κ3) is 2.11. The van der Waals surface area contributed by atoms with Crippen molar-refractivity contribution in [1.29, 1.82) is 0 Å². The Kier molecular flexibility index (Phi) is 3.01. The summed E-state index contributed by atoms with van der Waals surface area (Å²) in [7, 11) is 0. The van der Waals surface area contributed by atoms with Gasteiger partial charge < -0.3 is 10.3 Å². The molecular weight excluding hydrogens is 294 g/mol. The first-order valence-electron chi connectivity index (χ1n) is 5.83. The molecular formula is C13H12BrN3O. The Hall–Kier alpha value is -1.46. The zero-order chi connectivity index (χ0) is 12.5. The van der Waals surface area contributed by atoms with Gasteiger partial charge in [-0.25, -0.2) is 4.98 Å². The lowest BCUT2D eigenvalue weighted by atomic mass is 10.1. The fraction of sp³-hybridized carbons (Fsp3) is 0.231. The van der Waals surface area contributed by atoms with Crippen LogP contribution < -0.4 is 10.9 Å². The average molecular weight is 306 g/mol. The normalized spacial score (nSPS) is 14.3. The first-order valence-corrected chi connectivity index (χ1v) is 6.62. The summed E-state index contributed by atoms with van der Waals surface area (Å²) in [4.78, 5) is 19.4. The Morgan fingerprint density at radius 3 is 2.78 bits per heavy atom. The van der Waals surface area contributed by atoms with Crippen LogP contribution in [0.2, 0.25) is 0 Å². The van der Waals surface area contributed by atoms with Crippen molar-refractivity contribution in [2.45, 2.75) is 13.0 Å². The molecule has 5 heteroatoms. The van der Waals surface area contributed by atoms with E-state index in [4.69, 9.17) is 0 Å². The molecule has 0 atom stereocenters. The second kappa shape index (κ2) is 4.66. The van der Waals surface area contributed by atoms with Crippen LogP contribution in [0.5, 0.6) is 0 Å². The van der Waals surface area contributed by atoms with E-state index >= 15 is 0 Å². The number of fused-ring (bicyclic) bond motifs is 1. The molecule has 1 aromatic heterocycles. The summed E-state index contributed by atoms with van der Waals surface area (Å²) in [6, 6.07) is 7.75. The highest BCUT2D eigenvalue weighted by atomic mass is 79.9. The lowest BCUT2D eigenvalue weighted by Crippen LogP contribution is -2.31. The molecule has 2 heterocycles. The monoisotopic (exact) mass is 305 g/mol. The molecule has 0 radical (unpaired) electrons. The summed E-state index contributed by atoms with van der Waals surface area (Å²) in [6.07, 6.45) is 0.748. The standard InChI is InChI=1S/C13H12BrN3O/c14-9-3-1-8(2-4-9)12-16-11-7-15-6-5-10(11)13(18)17-12/h1-4,15H,5-7H2,(H,16,17,18). The quantitative estimate of drug-likeness (QED) is 0.845. The van der Waals surface area contributed by atoms with E-state index in [-0.39, 0.29) is 5.56 Å². The van der Waals surface area contributed by atoms with Crippen molar-refractivity contribution in [2.75, 3.05) is 6.54 Å². The number of nitrogens with zero attached hydrogens (tertiary/aromatic N) is 1. The predicted molar refractivity (Wildman–Crippen MR) is 73.4 cm³/mol. The van der Waals surface area contributed by atoms with Gasteiger partial charge in [0, 0.05) is 22.1 Å². The molecule has 0 amide bonds. The fourth-order valence-corrected chi connectivity index (χ4v) is 2.38. The van der Waals surface area contributed by atoms with Gasteiger partial charge in [-0.15, -0.1) is 0 Å². The third-order valence-corrected chi connectivity index (χ3v) is 3.59. The molecule has 4 nitrogen and oxygen atoms in total. The minimum absolute atomic E-state index is 0.0144. The van der Waals surface area contributed by atoms with Gasteiger partial charge in [-0.05, 0) is 25.1 Å². The Bertz CT molecular complexity index is 634. The highest BCUT2D eigenvalue weighted by molar-refractivity contribution is 9.10. The highest BCUT2D eigenvalue weighted by Gasteiger charge is 2.15. The van der Waals surface area contributed by atoms with Gasteiger partial charge in [-0.3, -0.25) is 4.79 Å². The minimum Gasteiger partial charge on any atom is -0.311 e. The van der Waals surface area contributed by atoms with Crippen molar-refractivity contribution in [3.8, 4) is 11.4 Å². The number of rotatable bonds is 1. The largest absolute Gasteiger partial charge is 0.311 e. The maximum absolute atomic E-state index is 12.0. The van der Waals surface area contributed by atoms with Crippen molar-refractivity contribution < 1.29 is 0 Å². The van der Waals surface area contributed by atoms with Crippen LogP contribution in [0.15, 0.2) is 33.5 Å². The Balaban J connectivity index is 2.11. The average Bonchev–Trinajstić information content (AvgIpc) is 2.39. The van der Waals surface area contributed by atoms with Gasteiger partial charge in [0.15, 0.2) is 0 Å². The van der Waals surface area contributed by atoms with E-state index in [1.807, 2.05) is 24.3 Å². The minimum atomic E-state index is -0.0144. The lowest BCUT2D eigenvalue weighted by molar-refractivity contribution is 0.619. The Morgan fingerprint density at radius 1 is 1.22 bits per heavy atom.